The highest BCUT2D eigenvalue weighted by Crippen LogP contribution is 2.22. The van der Waals surface area contributed by atoms with Gasteiger partial charge in [-0.1, -0.05) is 12.8 Å². The van der Waals surface area contributed by atoms with Crippen LogP contribution in [0.15, 0.2) is 18.3 Å². The van der Waals surface area contributed by atoms with Gasteiger partial charge >= 0.3 is 0 Å². The Bertz CT molecular complexity index is 408. The van der Waals surface area contributed by atoms with Gasteiger partial charge in [-0.25, -0.2) is 4.98 Å². The van der Waals surface area contributed by atoms with E-state index >= 15 is 0 Å². The van der Waals surface area contributed by atoms with E-state index in [1.165, 1.54) is 0 Å². The fraction of sp³-hybridized carbons (Fsp3) is 0.600. The minimum absolute atomic E-state index is 0.000598. The highest BCUT2D eigenvalue weighted by molar-refractivity contribution is 5.91. The zero-order chi connectivity index (χ0) is 14.8. The molecule has 0 saturated heterocycles. The van der Waals surface area contributed by atoms with Crippen LogP contribution in [0.1, 0.15) is 46.0 Å². The summed E-state index contributed by atoms with van der Waals surface area (Å²) in [4.78, 5) is 16.0. The third kappa shape index (κ3) is 6.52. The zero-order valence-electron chi connectivity index (χ0n) is 12.4. The maximum absolute atomic E-state index is 11.9. The minimum Gasteiger partial charge on any atom is -0.473 e. The number of nitrogens with zero attached hydrogens (tertiary/aromatic N) is 1. The summed E-state index contributed by atoms with van der Waals surface area (Å²) in [6, 6.07) is 3.58. The van der Waals surface area contributed by atoms with Gasteiger partial charge in [0.15, 0.2) is 0 Å². The number of nitrogens with two attached hydrogens (primary N) is 1. The van der Waals surface area contributed by atoms with Crippen molar-refractivity contribution >= 4 is 11.6 Å². The van der Waals surface area contributed by atoms with E-state index in [-0.39, 0.29) is 12.0 Å². The van der Waals surface area contributed by atoms with Gasteiger partial charge in [0.25, 0.3) is 0 Å². The second-order valence-electron chi connectivity index (χ2n) is 5.02. The Kier molecular flexibility index (Phi) is 7.65. The van der Waals surface area contributed by atoms with Gasteiger partial charge in [0, 0.05) is 12.6 Å². The van der Waals surface area contributed by atoms with E-state index in [9.17, 15) is 4.79 Å². The number of carbonyl (C=O) groups is 1. The first-order valence-electron chi connectivity index (χ1n) is 7.25. The van der Waals surface area contributed by atoms with E-state index in [0.29, 0.717) is 18.0 Å². The molecule has 0 radical (unpaired) electrons. The number of amides is 1. The average molecular weight is 279 g/mol. The number of hydrogen-bond acceptors (Lipinski definition) is 4. The lowest BCUT2D eigenvalue weighted by Gasteiger charge is -2.13. The lowest BCUT2D eigenvalue weighted by Crippen LogP contribution is -2.14. The smallest absolute Gasteiger partial charge is 0.238 e. The van der Waals surface area contributed by atoms with Gasteiger partial charge in [0.2, 0.25) is 11.8 Å². The topological polar surface area (TPSA) is 77.2 Å². The monoisotopic (exact) mass is 279 g/mol. The van der Waals surface area contributed by atoms with Crippen molar-refractivity contribution in [3.63, 3.8) is 0 Å². The van der Waals surface area contributed by atoms with Gasteiger partial charge in [-0.05, 0) is 45.4 Å². The molecule has 1 aromatic rings. The summed E-state index contributed by atoms with van der Waals surface area (Å²) < 4.78 is 5.56. The quantitative estimate of drug-likeness (QED) is 0.681. The molecule has 1 aromatic heterocycles. The highest BCUT2D eigenvalue weighted by Gasteiger charge is 2.09. The van der Waals surface area contributed by atoms with Crippen LogP contribution in [-0.2, 0) is 4.79 Å². The second kappa shape index (κ2) is 9.31. The fourth-order valence-electron chi connectivity index (χ4n) is 1.80. The van der Waals surface area contributed by atoms with Crippen LogP contribution in [0.5, 0.6) is 5.88 Å². The largest absolute Gasteiger partial charge is 0.473 e. The van der Waals surface area contributed by atoms with Crippen LogP contribution in [0, 0.1) is 0 Å². The van der Waals surface area contributed by atoms with Crippen LogP contribution >= 0.6 is 0 Å². The summed E-state index contributed by atoms with van der Waals surface area (Å²) in [6.45, 7) is 4.58. The molecule has 3 N–H and O–H groups in total. The standard InChI is InChI=1S/C15H25N3O2/c1-12(2)20-15-13(8-7-11-17-15)18-14(19)9-5-3-4-6-10-16/h7-8,11-12H,3-6,9-10,16H2,1-2H3,(H,18,19). The maximum atomic E-state index is 11.9. The average Bonchev–Trinajstić information content (AvgIpc) is 2.40. The molecule has 0 aromatic carbocycles. The summed E-state index contributed by atoms with van der Waals surface area (Å²) in [5.41, 5.74) is 6.06. The molecule has 0 aliphatic heterocycles. The molecule has 1 rings (SSSR count). The summed E-state index contributed by atoms with van der Waals surface area (Å²) in [5, 5.41) is 2.86. The number of nitrogens with one attached hydrogen (secondary N) is 1. The van der Waals surface area contributed by atoms with Crippen molar-refractivity contribution in [2.24, 2.45) is 5.73 Å². The molecule has 0 spiro atoms. The summed E-state index contributed by atoms with van der Waals surface area (Å²) in [6.07, 6.45) is 6.21. The Morgan fingerprint density at radius 3 is 2.80 bits per heavy atom. The van der Waals surface area contributed by atoms with Gasteiger partial charge in [0.05, 0.1) is 6.10 Å². The molecule has 20 heavy (non-hydrogen) atoms. The molecule has 112 valence electrons. The Hall–Kier alpha value is -1.62. The number of anilines is 1. The predicted octanol–water partition coefficient (Wildman–Crippen LogP) is 2.72. The van der Waals surface area contributed by atoms with E-state index in [0.717, 1.165) is 32.2 Å². The van der Waals surface area contributed by atoms with Crippen LogP contribution in [0.4, 0.5) is 5.69 Å². The van der Waals surface area contributed by atoms with E-state index in [1.54, 1.807) is 18.3 Å². The van der Waals surface area contributed by atoms with Gasteiger partial charge in [-0.2, -0.15) is 0 Å². The van der Waals surface area contributed by atoms with Crippen molar-refractivity contribution in [1.29, 1.82) is 0 Å². The fourth-order valence-corrected chi connectivity index (χ4v) is 1.80. The highest BCUT2D eigenvalue weighted by atomic mass is 16.5. The van der Waals surface area contributed by atoms with Crippen LogP contribution in [-0.4, -0.2) is 23.5 Å². The third-order valence-electron chi connectivity index (χ3n) is 2.75. The molecule has 1 heterocycles. The zero-order valence-corrected chi connectivity index (χ0v) is 12.4. The van der Waals surface area contributed by atoms with E-state index in [2.05, 4.69) is 10.3 Å². The Labute approximate surface area is 120 Å². The van der Waals surface area contributed by atoms with Gasteiger partial charge in [0.1, 0.15) is 5.69 Å². The van der Waals surface area contributed by atoms with Crippen LogP contribution in [0.2, 0.25) is 0 Å². The normalized spacial score (nSPS) is 10.6. The Morgan fingerprint density at radius 1 is 1.35 bits per heavy atom. The SMILES string of the molecule is CC(C)Oc1ncccc1NC(=O)CCCCCCN. The first kappa shape index (κ1) is 16.4. The molecule has 0 fully saturated rings. The van der Waals surface area contributed by atoms with Gasteiger partial charge in [-0.15, -0.1) is 0 Å². The molecule has 1 amide bonds. The van der Waals surface area contributed by atoms with Crippen LogP contribution in [0.3, 0.4) is 0 Å². The first-order chi connectivity index (χ1) is 9.63. The number of hydrogen-bond donors (Lipinski definition) is 2. The first-order valence-corrected chi connectivity index (χ1v) is 7.25. The number of carbonyl (C=O) groups excluding carboxylic acids is 1. The molecule has 0 saturated carbocycles. The number of ether oxygens (including phenoxy) is 1. The van der Waals surface area contributed by atoms with Gasteiger partial charge < -0.3 is 15.8 Å². The van der Waals surface area contributed by atoms with E-state index in [4.69, 9.17) is 10.5 Å². The molecular weight excluding hydrogens is 254 g/mol. The van der Waals surface area contributed by atoms with Crippen molar-refractivity contribution in [2.45, 2.75) is 52.1 Å². The molecule has 0 atom stereocenters. The molecule has 0 unspecified atom stereocenters. The van der Waals surface area contributed by atoms with Crippen molar-refractivity contribution in [3.8, 4) is 5.88 Å². The lowest BCUT2D eigenvalue weighted by atomic mass is 10.1. The number of unbranched alkanes of at least 4 members (excludes halogenated alkanes) is 3. The van der Waals surface area contributed by atoms with E-state index in [1.807, 2.05) is 13.8 Å². The summed E-state index contributed by atoms with van der Waals surface area (Å²) in [5.74, 6) is 0.471. The Balaban J connectivity index is 2.41. The van der Waals surface area contributed by atoms with Crippen molar-refractivity contribution < 1.29 is 9.53 Å². The minimum atomic E-state index is -0.000598. The third-order valence-corrected chi connectivity index (χ3v) is 2.75. The molecule has 0 aliphatic carbocycles. The number of pyridine rings is 1. The predicted molar refractivity (Wildman–Crippen MR) is 80.8 cm³/mol. The lowest BCUT2D eigenvalue weighted by molar-refractivity contribution is -0.116. The molecule has 5 nitrogen and oxygen atoms in total. The maximum Gasteiger partial charge on any atom is 0.238 e. The van der Waals surface area contributed by atoms with E-state index < -0.39 is 0 Å². The molecule has 5 heteroatoms. The summed E-state index contributed by atoms with van der Waals surface area (Å²) in [7, 11) is 0. The second-order valence-corrected chi connectivity index (χ2v) is 5.02. The Morgan fingerprint density at radius 2 is 2.10 bits per heavy atom. The van der Waals surface area contributed by atoms with Crippen molar-refractivity contribution in [1.82, 2.24) is 4.98 Å². The molecule has 0 bridgehead atoms. The molecular formula is C15H25N3O2. The molecule has 0 aliphatic rings. The number of rotatable bonds is 9. The van der Waals surface area contributed by atoms with Crippen molar-refractivity contribution in [2.75, 3.05) is 11.9 Å². The van der Waals surface area contributed by atoms with Crippen LogP contribution in [0.25, 0.3) is 0 Å². The number of aromatic nitrogens is 1. The van der Waals surface area contributed by atoms with Crippen LogP contribution < -0.4 is 15.8 Å². The van der Waals surface area contributed by atoms with Crippen molar-refractivity contribution in [3.05, 3.63) is 18.3 Å². The summed E-state index contributed by atoms with van der Waals surface area (Å²) >= 11 is 0. The van der Waals surface area contributed by atoms with Gasteiger partial charge in [-0.3, -0.25) is 4.79 Å².